The van der Waals surface area contributed by atoms with Crippen LogP contribution in [-0.4, -0.2) is 31.1 Å². The topological polar surface area (TPSA) is 78.9 Å². The van der Waals surface area contributed by atoms with Crippen LogP contribution in [0.15, 0.2) is 55.1 Å². The van der Waals surface area contributed by atoms with E-state index in [-0.39, 0.29) is 26.1 Å². The summed E-state index contributed by atoms with van der Waals surface area (Å²) >= 11 is 0. The summed E-state index contributed by atoms with van der Waals surface area (Å²) in [5.74, 6) is -1.62. The molecule has 142 valence electrons. The van der Waals surface area contributed by atoms with Crippen LogP contribution < -0.4 is 0 Å². The number of carbonyl (C=O) groups is 3. The molecule has 2 aromatic carbocycles. The van der Waals surface area contributed by atoms with E-state index < -0.39 is 24.0 Å². The largest absolute Gasteiger partial charge is 0.462 e. The Morgan fingerprint density at radius 3 is 2.41 bits per heavy atom. The van der Waals surface area contributed by atoms with Gasteiger partial charge in [0.15, 0.2) is 0 Å². The Bertz CT molecular complexity index is 821. The Morgan fingerprint density at radius 1 is 0.963 bits per heavy atom. The molecule has 0 N–H and O–H groups in total. The highest BCUT2D eigenvalue weighted by Crippen LogP contribution is 2.26. The third-order valence-electron chi connectivity index (χ3n) is 3.86. The van der Waals surface area contributed by atoms with Crippen LogP contribution in [0, 0.1) is 0 Å². The molecule has 27 heavy (non-hydrogen) atoms. The Kier molecular flexibility index (Phi) is 7.55. The number of rotatable bonds is 9. The molecule has 1 unspecified atom stereocenters. The van der Waals surface area contributed by atoms with Crippen molar-refractivity contribution in [1.29, 1.82) is 0 Å². The lowest BCUT2D eigenvalue weighted by Crippen LogP contribution is -2.15. The van der Waals surface area contributed by atoms with Gasteiger partial charge in [0, 0.05) is 6.08 Å². The highest BCUT2D eigenvalue weighted by Gasteiger charge is 2.16. The van der Waals surface area contributed by atoms with Gasteiger partial charge in [0.25, 0.3) is 0 Å². The second-order valence-electron chi connectivity index (χ2n) is 5.79. The third-order valence-corrected chi connectivity index (χ3v) is 3.86. The molecular formula is C21H22O6. The number of benzene rings is 2. The van der Waals surface area contributed by atoms with Crippen LogP contribution in [0.5, 0.6) is 0 Å². The van der Waals surface area contributed by atoms with Crippen LogP contribution in [-0.2, 0) is 28.6 Å². The summed E-state index contributed by atoms with van der Waals surface area (Å²) in [4.78, 5) is 34.4. The zero-order valence-corrected chi connectivity index (χ0v) is 15.2. The quantitative estimate of drug-likeness (QED) is 0.291. The Balaban J connectivity index is 1.77. The van der Waals surface area contributed by atoms with E-state index >= 15 is 0 Å². The van der Waals surface area contributed by atoms with Gasteiger partial charge < -0.3 is 14.2 Å². The van der Waals surface area contributed by atoms with Crippen LogP contribution in [0.1, 0.15) is 31.4 Å². The van der Waals surface area contributed by atoms with Crippen molar-refractivity contribution in [2.75, 3.05) is 13.2 Å². The average Bonchev–Trinajstić information content (AvgIpc) is 2.68. The molecule has 6 heteroatoms. The first kappa shape index (κ1) is 20.2. The molecule has 0 amide bonds. The zero-order valence-electron chi connectivity index (χ0n) is 15.2. The lowest BCUT2D eigenvalue weighted by atomic mass is 10.0. The second-order valence-corrected chi connectivity index (χ2v) is 5.79. The van der Waals surface area contributed by atoms with Gasteiger partial charge in [0.1, 0.15) is 19.3 Å². The van der Waals surface area contributed by atoms with Crippen molar-refractivity contribution < 1.29 is 28.6 Å². The summed E-state index contributed by atoms with van der Waals surface area (Å²) in [6, 6.07) is 13.7. The summed E-state index contributed by atoms with van der Waals surface area (Å²) < 4.78 is 15.0. The minimum Gasteiger partial charge on any atom is -0.462 e. The molecule has 0 bridgehead atoms. The first-order chi connectivity index (χ1) is 13.0. The van der Waals surface area contributed by atoms with Crippen molar-refractivity contribution >= 4 is 28.7 Å². The smallest absolute Gasteiger partial charge is 0.330 e. The van der Waals surface area contributed by atoms with Crippen molar-refractivity contribution in [3.05, 3.63) is 60.7 Å². The molecule has 0 aromatic heterocycles. The van der Waals surface area contributed by atoms with Crippen molar-refractivity contribution in [3.8, 4) is 0 Å². The van der Waals surface area contributed by atoms with Gasteiger partial charge in [-0.05, 0) is 23.3 Å². The molecule has 0 radical (unpaired) electrons. The van der Waals surface area contributed by atoms with Crippen molar-refractivity contribution in [1.82, 2.24) is 0 Å². The van der Waals surface area contributed by atoms with Gasteiger partial charge in [-0.15, -0.1) is 0 Å². The maximum atomic E-state index is 12.0. The fourth-order valence-electron chi connectivity index (χ4n) is 2.56. The Labute approximate surface area is 157 Å². The number of hydrogen-bond donors (Lipinski definition) is 0. The molecule has 2 rings (SSSR count). The zero-order chi connectivity index (χ0) is 19.6. The number of fused-ring (bicyclic) bond motifs is 1. The van der Waals surface area contributed by atoms with Gasteiger partial charge in [-0.1, -0.05) is 49.0 Å². The molecular weight excluding hydrogens is 348 g/mol. The molecule has 0 saturated heterocycles. The van der Waals surface area contributed by atoms with Crippen LogP contribution in [0.3, 0.4) is 0 Å². The molecule has 0 heterocycles. The van der Waals surface area contributed by atoms with Gasteiger partial charge in [0.2, 0.25) is 0 Å². The second kappa shape index (κ2) is 10.1. The number of hydrogen-bond acceptors (Lipinski definition) is 6. The molecule has 0 aliphatic rings. The van der Waals surface area contributed by atoms with Crippen molar-refractivity contribution in [3.63, 3.8) is 0 Å². The lowest BCUT2D eigenvalue weighted by molar-refractivity contribution is -0.154. The van der Waals surface area contributed by atoms with Crippen LogP contribution in [0.25, 0.3) is 10.8 Å². The summed E-state index contributed by atoms with van der Waals surface area (Å²) in [6.07, 6.45) is 0.407. The first-order valence-corrected chi connectivity index (χ1v) is 8.63. The van der Waals surface area contributed by atoms with E-state index in [1.54, 1.807) is 6.92 Å². The molecule has 1 atom stereocenters. The normalized spacial score (nSPS) is 11.4. The monoisotopic (exact) mass is 370 g/mol. The number of ether oxygens (including phenoxy) is 3. The highest BCUT2D eigenvalue weighted by atomic mass is 16.6. The van der Waals surface area contributed by atoms with Crippen molar-refractivity contribution in [2.45, 2.75) is 25.9 Å². The molecule has 6 nitrogen and oxygen atoms in total. The molecule has 0 saturated carbocycles. The van der Waals surface area contributed by atoms with Gasteiger partial charge in [-0.2, -0.15) is 0 Å². The predicted octanol–water partition coefficient (Wildman–Crippen LogP) is 3.50. The lowest BCUT2D eigenvalue weighted by Gasteiger charge is -2.16. The molecule has 2 aromatic rings. The van der Waals surface area contributed by atoms with Gasteiger partial charge in [-0.25, -0.2) is 4.79 Å². The first-order valence-electron chi connectivity index (χ1n) is 8.63. The maximum absolute atomic E-state index is 12.0. The number of esters is 3. The Morgan fingerprint density at radius 2 is 1.63 bits per heavy atom. The highest BCUT2D eigenvalue weighted by molar-refractivity contribution is 5.86. The number of carbonyl (C=O) groups excluding carboxylic acids is 3. The van der Waals surface area contributed by atoms with Gasteiger partial charge in [-0.3, -0.25) is 9.59 Å². The fourth-order valence-corrected chi connectivity index (χ4v) is 2.56. The van der Waals surface area contributed by atoms with Crippen molar-refractivity contribution in [2.24, 2.45) is 0 Å². The van der Waals surface area contributed by atoms with E-state index in [1.807, 2.05) is 42.5 Å². The molecule has 0 aliphatic carbocycles. The van der Waals surface area contributed by atoms with E-state index in [0.29, 0.717) is 0 Å². The summed E-state index contributed by atoms with van der Waals surface area (Å²) in [5, 5.41) is 2.09. The predicted molar refractivity (Wildman–Crippen MR) is 99.8 cm³/mol. The van der Waals surface area contributed by atoms with E-state index in [2.05, 4.69) is 11.3 Å². The van der Waals surface area contributed by atoms with E-state index in [0.717, 1.165) is 22.4 Å². The third kappa shape index (κ3) is 6.26. The van der Waals surface area contributed by atoms with E-state index in [1.165, 1.54) is 0 Å². The minimum atomic E-state index is -0.586. The summed E-state index contributed by atoms with van der Waals surface area (Å²) in [7, 11) is 0. The molecule has 0 spiro atoms. The van der Waals surface area contributed by atoms with Crippen LogP contribution in [0.2, 0.25) is 0 Å². The van der Waals surface area contributed by atoms with Gasteiger partial charge >= 0.3 is 17.9 Å². The molecule has 0 aliphatic heterocycles. The van der Waals surface area contributed by atoms with Crippen LogP contribution in [0.4, 0.5) is 0 Å². The summed E-state index contributed by atoms with van der Waals surface area (Å²) in [5.41, 5.74) is 0.910. The SMILES string of the molecule is C=CC(=O)OCCOC(=O)CCC(=O)OC(C)c1cccc2ccccc12. The Hall–Kier alpha value is -3.15. The van der Waals surface area contributed by atoms with E-state index in [4.69, 9.17) is 9.47 Å². The van der Waals surface area contributed by atoms with Gasteiger partial charge in [0.05, 0.1) is 12.8 Å². The summed E-state index contributed by atoms with van der Waals surface area (Å²) in [6.45, 7) is 4.92. The van der Waals surface area contributed by atoms with E-state index in [9.17, 15) is 14.4 Å². The van der Waals surface area contributed by atoms with Crippen LogP contribution >= 0.6 is 0 Å². The minimum absolute atomic E-state index is 0.0564. The maximum Gasteiger partial charge on any atom is 0.330 e. The standard InChI is InChI=1S/C21H22O6/c1-3-19(22)25-13-14-26-20(23)11-12-21(24)27-15(2)17-10-6-8-16-7-4-5-9-18(16)17/h3-10,15H,1,11-14H2,2H3. The average molecular weight is 370 g/mol. The molecule has 0 fully saturated rings. The fraction of sp³-hybridized carbons (Fsp3) is 0.286.